The van der Waals surface area contributed by atoms with Gasteiger partial charge in [0.05, 0.1) is 5.56 Å². The predicted molar refractivity (Wildman–Crippen MR) is 79.5 cm³/mol. The molecule has 0 unspecified atom stereocenters. The van der Waals surface area contributed by atoms with Gasteiger partial charge in [0.15, 0.2) is 0 Å². The average molecular weight is 334 g/mol. The lowest BCUT2D eigenvalue weighted by Crippen LogP contribution is -2.50. The molecule has 0 spiro atoms. The predicted octanol–water partition coefficient (Wildman–Crippen LogP) is 2.81. The molecule has 2 rings (SSSR count). The molecule has 1 atom stereocenters. The number of alkyl halides is 3. The monoisotopic (exact) mass is 334 g/mol. The van der Waals surface area contributed by atoms with Crippen molar-refractivity contribution in [2.24, 2.45) is 5.41 Å². The average Bonchev–Trinajstić information content (AvgIpc) is 2.49. The Morgan fingerprint density at radius 1 is 1.22 bits per heavy atom. The summed E-state index contributed by atoms with van der Waals surface area (Å²) in [5, 5.41) is 12.9. The SMILES string of the molecule is CC(C)(CO)[C@@H](c1ccc(F)cc1C(F)(F)F)N1CCNCC1. The third-order valence-electron chi connectivity index (χ3n) is 4.28. The third kappa shape index (κ3) is 4.02. The van der Waals surface area contributed by atoms with Crippen molar-refractivity contribution >= 4 is 0 Å². The van der Waals surface area contributed by atoms with Gasteiger partial charge in [-0.2, -0.15) is 13.2 Å². The van der Waals surface area contributed by atoms with E-state index in [1.807, 2.05) is 4.90 Å². The molecule has 2 N–H and O–H groups in total. The van der Waals surface area contributed by atoms with Crippen molar-refractivity contribution in [1.29, 1.82) is 0 Å². The summed E-state index contributed by atoms with van der Waals surface area (Å²) >= 11 is 0. The van der Waals surface area contributed by atoms with Crippen LogP contribution in [-0.2, 0) is 6.18 Å². The van der Waals surface area contributed by atoms with Crippen LogP contribution < -0.4 is 5.32 Å². The summed E-state index contributed by atoms with van der Waals surface area (Å²) in [4.78, 5) is 1.93. The Morgan fingerprint density at radius 2 is 1.83 bits per heavy atom. The number of hydrogen-bond donors (Lipinski definition) is 2. The lowest BCUT2D eigenvalue weighted by molar-refractivity contribution is -0.139. The van der Waals surface area contributed by atoms with Gasteiger partial charge in [0, 0.05) is 44.2 Å². The van der Waals surface area contributed by atoms with Gasteiger partial charge in [0.1, 0.15) is 5.82 Å². The van der Waals surface area contributed by atoms with Crippen LogP contribution >= 0.6 is 0 Å². The Morgan fingerprint density at radius 3 is 2.35 bits per heavy atom. The van der Waals surface area contributed by atoms with Gasteiger partial charge in [-0.05, 0) is 17.7 Å². The van der Waals surface area contributed by atoms with E-state index in [4.69, 9.17) is 0 Å². The van der Waals surface area contributed by atoms with E-state index in [-0.39, 0.29) is 12.2 Å². The van der Waals surface area contributed by atoms with Crippen molar-refractivity contribution in [2.45, 2.75) is 26.1 Å². The maximum Gasteiger partial charge on any atom is 0.416 e. The van der Waals surface area contributed by atoms with Crippen molar-refractivity contribution in [3.63, 3.8) is 0 Å². The number of hydrogen-bond acceptors (Lipinski definition) is 3. The fourth-order valence-corrected chi connectivity index (χ4v) is 3.15. The van der Waals surface area contributed by atoms with Crippen molar-refractivity contribution in [1.82, 2.24) is 10.2 Å². The Labute approximate surface area is 133 Å². The maximum atomic E-state index is 13.4. The van der Waals surface area contributed by atoms with Crippen molar-refractivity contribution in [3.8, 4) is 0 Å². The zero-order chi connectivity index (χ0) is 17.3. The Balaban J connectivity index is 2.55. The number of aliphatic hydroxyl groups is 1. The van der Waals surface area contributed by atoms with Crippen LogP contribution in [0.5, 0.6) is 0 Å². The number of piperazine rings is 1. The molecule has 3 nitrogen and oxygen atoms in total. The molecule has 0 aliphatic carbocycles. The summed E-state index contributed by atoms with van der Waals surface area (Å²) in [5.74, 6) is -0.915. The van der Waals surface area contributed by atoms with Crippen LogP contribution in [0.1, 0.15) is 31.0 Å². The molecular formula is C16H22F4N2O. The van der Waals surface area contributed by atoms with Crippen LogP contribution in [0.4, 0.5) is 17.6 Å². The third-order valence-corrected chi connectivity index (χ3v) is 4.28. The molecule has 1 aliphatic rings. The summed E-state index contributed by atoms with van der Waals surface area (Å²) in [6.45, 7) is 5.66. The number of nitrogens with zero attached hydrogens (tertiary/aromatic N) is 1. The second-order valence-electron chi connectivity index (χ2n) is 6.56. The number of halogens is 4. The van der Waals surface area contributed by atoms with Crippen LogP contribution in [0.25, 0.3) is 0 Å². The first-order valence-corrected chi connectivity index (χ1v) is 7.59. The van der Waals surface area contributed by atoms with Gasteiger partial charge < -0.3 is 10.4 Å². The highest BCUT2D eigenvalue weighted by Crippen LogP contribution is 2.44. The first kappa shape index (κ1) is 18.2. The summed E-state index contributed by atoms with van der Waals surface area (Å²) in [7, 11) is 0. The highest BCUT2D eigenvalue weighted by molar-refractivity contribution is 5.34. The van der Waals surface area contributed by atoms with Gasteiger partial charge in [-0.1, -0.05) is 19.9 Å². The largest absolute Gasteiger partial charge is 0.416 e. The Kier molecular flexibility index (Phi) is 5.33. The van der Waals surface area contributed by atoms with E-state index in [0.29, 0.717) is 32.2 Å². The molecule has 1 saturated heterocycles. The van der Waals surface area contributed by atoms with Crippen LogP contribution in [0.15, 0.2) is 18.2 Å². The summed E-state index contributed by atoms with van der Waals surface area (Å²) in [6.07, 6.45) is -4.64. The fourth-order valence-electron chi connectivity index (χ4n) is 3.15. The van der Waals surface area contributed by atoms with Gasteiger partial charge in [-0.25, -0.2) is 4.39 Å². The number of rotatable bonds is 4. The molecule has 130 valence electrons. The topological polar surface area (TPSA) is 35.5 Å². The molecule has 0 saturated carbocycles. The minimum absolute atomic E-state index is 0.0138. The zero-order valence-corrected chi connectivity index (χ0v) is 13.3. The van der Waals surface area contributed by atoms with E-state index in [2.05, 4.69) is 5.32 Å². The standard InChI is InChI=1S/C16H22F4N2O/c1-15(2,10-23)14(22-7-5-21-6-8-22)12-4-3-11(17)9-13(12)16(18,19)20/h3-4,9,14,21,23H,5-8,10H2,1-2H3/t14-/m1/s1. The highest BCUT2D eigenvalue weighted by Gasteiger charge is 2.42. The number of benzene rings is 1. The smallest absolute Gasteiger partial charge is 0.396 e. The summed E-state index contributed by atoms with van der Waals surface area (Å²) in [6, 6.07) is 2.14. The summed E-state index contributed by atoms with van der Waals surface area (Å²) in [5.41, 5.74) is -1.75. The molecule has 0 amide bonds. The Hall–Kier alpha value is -1.18. The van der Waals surface area contributed by atoms with Gasteiger partial charge in [0.2, 0.25) is 0 Å². The minimum Gasteiger partial charge on any atom is -0.396 e. The molecule has 0 aromatic heterocycles. The number of aliphatic hydroxyl groups excluding tert-OH is 1. The van der Waals surface area contributed by atoms with Crippen molar-refractivity contribution < 1.29 is 22.7 Å². The molecule has 1 fully saturated rings. The molecule has 7 heteroatoms. The van der Waals surface area contributed by atoms with E-state index in [0.717, 1.165) is 6.07 Å². The molecule has 0 bridgehead atoms. The Bertz CT molecular complexity index is 539. The van der Waals surface area contributed by atoms with Crippen LogP contribution in [0.2, 0.25) is 0 Å². The molecule has 1 heterocycles. The second kappa shape index (κ2) is 6.75. The normalized spacial score (nSPS) is 18.9. The van der Waals surface area contributed by atoms with Crippen LogP contribution in [-0.4, -0.2) is 42.8 Å². The maximum absolute atomic E-state index is 13.4. The van der Waals surface area contributed by atoms with Crippen LogP contribution in [0, 0.1) is 11.2 Å². The minimum atomic E-state index is -4.64. The molecule has 1 aromatic carbocycles. The molecular weight excluding hydrogens is 312 g/mol. The van der Waals surface area contributed by atoms with E-state index < -0.39 is 29.0 Å². The van der Waals surface area contributed by atoms with Gasteiger partial charge in [0.25, 0.3) is 0 Å². The van der Waals surface area contributed by atoms with E-state index in [1.54, 1.807) is 13.8 Å². The molecule has 1 aromatic rings. The molecule has 23 heavy (non-hydrogen) atoms. The van der Waals surface area contributed by atoms with Crippen molar-refractivity contribution in [3.05, 3.63) is 35.1 Å². The lowest BCUT2D eigenvalue weighted by atomic mass is 9.78. The lowest BCUT2D eigenvalue weighted by Gasteiger charge is -2.44. The molecule has 0 radical (unpaired) electrons. The fraction of sp³-hybridized carbons (Fsp3) is 0.625. The van der Waals surface area contributed by atoms with Gasteiger partial charge >= 0.3 is 6.18 Å². The first-order valence-electron chi connectivity index (χ1n) is 7.59. The van der Waals surface area contributed by atoms with E-state index in [9.17, 15) is 22.7 Å². The van der Waals surface area contributed by atoms with E-state index in [1.165, 1.54) is 6.07 Å². The number of nitrogens with one attached hydrogen (secondary N) is 1. The highest BCUT2D eigenvalue weighted by atomic mass is 19.4. The van der Waals surface area contributed by atoms with Crippen LogP contribution in [0.3, 0.4) is 0 Å². The quantitative estimate of drug-likeness (QED) is 0.831. The van der Waals surface area contributed by atoms with Crippen molar-refractivity contribution in [2.75, 3.05) is 32.8 Å². The summed E-state index contributed by atoms with van der Waals surface area (Å²) < 4.78 is 53.6. The zero-order valence-electron chi connectivity index (χ0n) is 13.3. The van der Waals surface area contributed by atoms with Gasteiger partial charge in [-0.15, -0.1) is 0 Å². The molecule has 1 aliphatic heterocycles. The first-order chi connectivity index (χ1) is 10.7. The van der Waals surface area contributed by atoms with Gasteiger partial charge in [-0.3, -0.25) is 4.90 Å². The second-order valence-corrected chi connectivity index (χ2v) is 6.56. The van der Waals surface area contributed by atoms with E-state index >= 15 is 0 Å².